The first-order chi connectivity index (χ1) is 7.33. The molecule has 0 amide bonds. The van der Waals surface area contributed by atoms with E-state index in [-0.39, 0.29) is 0 Å². The molecule has 0 aliphatic carbocycles. The second-order valence-electron chi connectivity index (χ2n) is 3.25. The molecule has 3 heterocycles. The van der Waals surface area contributed by atoms with E-state index in [2.05, 4.69) is 19.9 Å². The molecule has 3 aromatic rings. The molecule has 3 aromatic heterocycles. The van der Waals surface area contributed by atoms with Crippen LogP contribution in [0.15, 0.2) is 29.1 Å². The summed E-state index contributed by atoms with van der Waals surface area (Å²) in [7, 11) is 0. The van der Waals surface area contributed by atoms with Crippen molar-refractivity contribution in [2.45, 2.75) is 6.92 Å². The van der Waals surface area contributed by atoms with Crippen molar-refractivity contribution in [3.05, 3.63) is 30.4 Å². The number of aromatic amines is 1. The number of hydrogen-bond donors (Lipinski definition) is 1. The number of fused-ring (bicyclic) bond motifs is 1. The summed E-state index contributed by atoms with van der Waals surface area (Å²) in [6.07, 6.45) is 3.15. The molecule has 0 saturated heterocycles. The molecular weight excluding hydrogens is 192 g/mol. The van der Waals surface area contributed by atoms with Crippen LogP contribution in [0.3, 0.4) is 0 Å². The maximum Gasteiger partial charge on any atom is 0.175 e. The third kappa shape index (κ3) is 1.28. The zero-order valence-corrected chi connectivity index (χ0v) is 8.06. The predicted molar refractivity (Wildman–Crippen MR) is 54.1 cm³/mol. The van der Waals surface area contributed by atoms with Crippen LogP contribution in [0, 0.1) is 6.92 Å². The molecule has 0 spiro atoms. The minimum absolute atomic E-state index is 0.679. The fourth-order valence-corrected chi connectivity index (χ4v) is 1.44. The zero-order valence-electron chi connectivity index (χ0n) is 8.06. The lowest BCUT2D eigenvalue weighted by Gasteiger charge is -1.87. The SMILES string of the molecule is Cc1ccc(-c2nc3cncnc3[nH]2)o1. The molecule has 5 heteroatoms. The summed E-state index contributed by atoms with van der Waals surface area (Å²) in [5, 5.41) is 0. The van der Waals surface area contributed by atoms with Gasteiger partial charge in [-0.2, -0.15) is 0 Å². The van der Waals surface area contributed by atoms with Crippen molar-refractivity contribution in [1.82, 2.24) is 19.9 Å². The summed E-state index contributed by atoms with van der Waals surface area (Å²) in [5.41, 5.74) is 1.45. The largest absolute Gasteiger partial charge is 0.458 e. The Morgan fingerprint density at radius 1 is 1.33 bits per heavy atom. The molecule has 0 radical (unpaired) electrons. The van der Waals surface area contributed by atoms with E-state index < -0.39 is 0 Å². The first-order valence-corrected chi connectivity index (χ1v) is 4.55. The van der Waals surface area contributed by atoms with Gasteiger partial charge >= 0.3 is 0 Å². The molecule has 5 nitrogen and oxygen atoms in total. The summed E-state index contributed by atoms with van der Waals surface area (Å²) >= 11 is 0. The number of imidazole rings is 1. The van der Waals surface area contributed by atoms with E-state index in [0.29, 0.717) is 17.2 Å². The summed E-state index contributed by atoms with van der Waals surface area (Å²) < 4.78 is 5.46. The summed E-state index contributed by atoms with van der Waals surface area (Å²) in [6, 6.07) is 3.77. The van der Waals surface area contributed by atoms with Crippen LogP contribution >= 0.6 is 0 Å². The van der Waals surface area contributed by atoms with E-state index in [1.54, 1.807) is 6.20 Å². The second-order valence-corrected chi connectivity index (χ2v) is 3.25. The van der Waals surface area contributed by atoms with Gasteiger partial charge in [0, 0.05) is 0 Å². The molecule has 0 unspecified atom stereocenters. The predicted octanol–water partition coefficient (Wildman–Crippen LogP) is 1.92. The van der Waals surface area contributed by atoms with Gasteiger partial charge < -0.3 is 9.40 Å². The van der Waals surface area contributed by atoms with E-state index in [4.69, 9.17) is 4.42 Å². The Morgan fingerprint density at radius 3 is 3.00 bits per heavy atom. The number of furan rings is 1. The van der Waals surface area contributed by atoms with Gasteiger partial charge in [-0.25, -0.2) is 15.0 Å². The highest BCUT2D eigenvalue weighted by Crippen LogP contribution is 2.20. The standard InChI is InChI=1S/C10H8N4O/c1-6-2-3-8(15-6)10-13-7-4-11-5-12-9(7)14-10/h2-5H,1H3,(H,11,12,13,14). The average molecular weight is 200 g/mol. The van der Waals surface area contributed by atoms with Crippen molar-refractivity contribution in [2.75, 3.05) is 0 Å². The fourth-order valence-electron chi connectivity index (χ4n) is 1.44. The number of nitrogens with zero attached hydrogens (tertiary/aromatic N) is 3. The van der Waals surface area contributed by atoms with Crippen molar-refractivity contribution < 1.29 is 4.42 Å². The molecular formula is C10H8N4O. The third-order valence-corrected chi connectivity index (χ3v) is 2.14. The third-order valence-electron chi connectivity index (χ3n) is 2.14. The lowest BCUT2D eigenvalue weighted by Crippen LogP contribution is -1.76. The normalized spacial score (nSPS) is 11.0. The molecule has 1 N–H and O–H groups in total. The van der Waals surface area contributed by atoms with Crippen LogP contribution in [0.1, 0.15) is 5.76 Å². The quantitative estimate of drug-likeness (QED) is 0.651. The first-order valence-electron chi connectivity index (χ1n) is 4.55. The smallest absolute Gasteiger partial charge is 0.175 e. The Hall–Kier alpha value is -2.17. The first kappa shape index (κ1) is 8.16. The highest BCUT2D eigenvalue weighted by Gasteiger charge is 2.08. The van der Waals surface area contributed by atoms with Crippen LogP contribution in [0.2, 0.25) is 0 Å². The van der Waals surface area contributed by atoms with Crippen LogP contribution in [0.5, 0.6) is 0 Å². The van der Waals surface area contributed by atoms with E-state index in [0.717, 1.165) is 11.3 Å². The Morgan fingerprint density at radius 2 is 2.27 bits per heavy atom. The number of H-pyrrole nitrogens is 1. The van der Waals surface area contributed by atoms with Gasteiger partial charge in [0.2, 0.25) is 0 Å². The number of rotatable bonds is 1. The van der Waals surface area contributed by atoms with Crippen molar-refractivity contribution in [1.29, 1.82) is 0 Å². The van der Waals surface area contributed by atoms with Gasteiger partial charge in [-0.15, -0.1) is 0 Å². The van der Waals surface area contributed by atoms with Gasteiger partial charge in [-0.05, 0) is 19.1 Å². The van der Waals surface area contributed by atoms with Crippen molar-refractivity contribution in [3.8, 4) is 11.6 Å². The number of aromatic nitrogens is 4. The number of hydrogen-bond acceptors (Lipinski definition) is 4. The van der Waals surface area contributed by atoms with E-state index in [1.807, 2.05) is 19.1 Å². The lowest BCUT2D eigenvalue weighted by atomic mass is 10.4. The van der Waals surface area contributed by atoms with E-state index >= 15 is 0 Å². The lowest BCUT2D eigenvalue weighted by molar-refractivity contribution is 0.545. The van der Waals surface area contributed by atoms with Crippen LogP contribution in [0.25, 0.3) is 22.7 Å². The topological polar surface area (TPSA) is 67.6 Å². The van der Waals surface area contributed by atoms with Crippen LogP contribution < -0.4 is 0 Å². The number of nitrogens with one attached hydrogen (secondary N) is 1. The molecule has 0 saturated carbocycles. The summed E-state index contributed by atoms with van der Waals surface area (Å²) in [4.78, 5) is 15.4. The molecule has 0 aromatic carbocycles. The minimum Gasteiger partial charge on any atom is -0.458 e. The Labute approximate surface area is 85.2 Å². The molecule has 74 valence electrons. The molecule has 3 rings (SSSR count). The molecule has 0 aliphatic rings. The van der Waals surface area contributed by atoms with Gasteiger partial charge in [-0.1, -0.05) is 0 Å². The maximum atomic E-state index is 5.46. The summed E-state index contributed by atoms with van der Waals surface area (Å²) in [6.45, 7) is 1.89. The fraction of sp³-hybridized carbons (Fsp3) is 0.100. The number of aryl methyl sites for hydroxylation is 1. The van der Waals surface area contributed by atoms with Gasteiger partial charge in [0.05, 0.1) is 6.20 Å². The van der Waals surface area contributed by atoms with Crippen molar-refractivity contribution in [2.24, 2.45) is 0 Å². The Kier molecular flexibility index (Phi) is 1.58. The summed E-state index contributed by atoms with van der Waals surface area (Å²) in [5.74, 6) is 2.25. The highest BCUT2D eigenvalue weighted by atomic mass is 16.3. The molecule has 0 aliphatic heterocycles. The highest BCUT2D eigenvalue weighted by molar-refractivity contribution is 5.73. The Bertz CT molecular complexity index is 577. The van der Waals surface area contributed by atoms with E-state index in [1.165, 1.54) is 6.33 Å². The zero-order chi connectivity index (χ0) is 10.3. The van der Waals surface area contributed by atoms with E-state index in [9.17, 15) is 0 Å². The van der Waals surface area contributed by atoms with Crippen LogP contribution in [-0.4, -0.2) is 19.9 Å². The van der Waals surface area contributed by atoms with Gasteiger partial charge in [-0.3, -0.25) is 0 Å². The monoisotopic (exact) mass is 200 g/mol. The Balaban J connectivity index is 2.19. The average Bonchev–Trinajstić information content (AvgIpc) is 2.82. The van der Waals surface area contributed by atoms with Crippen LogP contribution in [0.4, 0.5) is 0 Å². The molecule has 0 fully saturated rings. The minimum atomic E-state index is 0.679. The second kappa shape index (κ2) is 2.91. The molecule has 15 heavy (non-hydrogen) atoms. The molecule has 0 atom stereocenters. The maximum absolute atomic E-state index is 5.46. The van der Waals surface area contributed by atoms with Crippen molar-refractivity contribution >= 4 is 11.2 Å². The van der Waals surface area contributed by atoms with Gasteiger partial charge in [0.15, 0.2) is 17.2 Å². The van der Waals surface area contributed by atoms with Gasteiger partial charge in [0.1, 0.15) is 17.6 Å². The van der Waals surface area contributed by atoms with Crippen molar-refractivity contribution in [3.63, 3.8) is 0 Å². The van der Waals surface area contributed by atoms with Gasteiger partial charge in [0.25, 0.3) is 0 Å². The molecule has 0 bridgehead atoms. The van der Waals surface area contributed by atoms with Crippen LogP contribution in [-0.2, 0) is 0 Å².